The molecule has 2 heterocycles. The molecule has 0 N–H and O–H groups in total. The first-order chi connectivity index (χ1) is 12.1. The van der Waals surface area contributed by atoms with Gasteiger partial charge in [0.25, 0.3) is 6.43 Å². The van der Waals surface area contributed by atoms with Crippen LogP contribution in [0, 0.1) is 18.3 Å². The Kier molecular flexibility index (Phi) is 5.49. The summed E-state index contributed by atoms with van der Waals surface area (Å²) < 4.78 is 76.5. The molecule has 1 saturated heterocycles. The second kappa shape index (κ2) is 7.27. The molecule has 0 aliphatic carbocycles. The van der Waals surface area contributed by atoms with E-state index >= 15 is 0 Å². The largest absolute Gasteiger partial charge is 0.497 e. The molecule has 1 aliphatic rings. The zero-order valence-corrected chi connectivity index (χ0v) is 13.7. The van der Waals surface area contributed by atoms with Gasteiger partial charge in [0.15, 0.2) is 5.69 Å². The second-order valence-corrected chi connectivity index (χ2v) is 5.37. The minimum Gasteiger partial charge on any atom is -0.497 e. The lowest BCUT2D eigenvalue weighted by Gasteiger charge is -2.19. The number of esters is 1. The summed E-state index contributed by atoms with van der Waals surface area (Å²) in [5.41, 5.74) is -5.50. The van der Waals surface area contributed by atoms with Crippen LogP contribution in [0.2, 0.25) is 0 Å². The Morgan fingerprint density at radius 1 is 1.35 bits per heavy atom. The molecule has 5 nitrogen and oxygen atoms in total. The summed E-state index contributed by atoms with van der Waals surface area (Å²) in [5.74, 6) is -1.27. The number of carbonyl (C=O) groups excluding carboxylic acids is 1. The van der Waals surface area contributed by atoms with E-state index in [2.05, 4.69) is 9.72 Å². The topological polar surface area (TPSA) is 72.2 Å². The number of methoxy groups -OCH3 is 1. The smallest absolute Gasteiger partial charge is 0.434 e. The molecule has 140 valence electrons. The molecule has 1 aliphatic heterocycles. The third kappa shape index (κ3) is 3.47. The standard InChI is InChI=1S/C16H13F5N2O3/c1-7-10(8(6-22)9-4-3-5-26-9)13(16(19,20)21)23-12(14(17)18)11(7)15(24)25-2/h14H,3-5H2,1-2H3. The monoisotopic (exact) mass is 376 g/mol. The van der Waals surface area contributed by atoms with E-state index in [9.17, 15) is 32.0 Å². The number of hydrogen-bond acceptors (Lipinski definition) is 5. The molecule has 26 heavy (non-hydrogen) atoms. The number of nitrogens with zero attached hydrogens (tertiary/aromatic N) is 2. The first-order valence-electron chi connectivity index (χ1n) is 7.38. The van der Waals surface area contributed by atoms with Crippen LogP contribution in [0.5, 0.6) is 0 Å². The van der Waals surface area contributed by atoms with Gasteiger partial charge in [-0.25, -0.2) is 18.6 Å². The molecular formula is C16H13F5N2O3. The quantitative estimate of drug-likeness (QED) is 0.450. The van der Waals surface area contributed by atoms with Gasteiger partial charge >= 0.3 is 12.1 Å². The van der Waals surface area contributed by atoms with Gasteiger partial charge in [0.2, 0.25) is 0 Å². The Hall–Kier alpha value is -2.70. The molecule has 0 aromatic carbocycles. The number of rotatable bonds is 3. The number of allylic oxidation sites excluding steroid dienone is 2. The third-order valence-corrected chi connectivity index (χ3v) is 3.81. The van der Waals surface area contributed by atoms with Crippen molar-refractivity contribution >= 4 is 11.5 Å². The molecule has 10 heteroatoms. The van der Waals surface area contributed by atoms with Gasteiger partial charge in [0.1, 0.15) is 17.5 Å². The van der Waals surface area contributed by atoms with Gasteiger partial charge in [-0.05, 0) is 18.9 Å². The summed E-state index contributed by atoms with van der Waals surface area (Å²) in [6.07, 6.45) is -7.87. The lowest BCUT2D eigenvalue weighted by Crippen LogP contribution is -2.20. The van der Waals surface area contributed by atoms with Crippen molar-refractivity contribution in [1.82, 2.24) is 4.98 Å². The maximum absolute atomic E-state index is 13.5. The summed E-state index contributed by atoms with van der Waals surface area (Å²) in [4.78, 5) is 14.9. The van der Waals surface area contributed by atoms with Crippen LogP contribution >= 0.6 is 0 Å². The second-order valence-electron chi connectivity index (χ2n) is 5.37. The molecule has 0 radical (unpaired) electrons. The average Bonchev–Trinajstić information content (AvgIpc) is 3.08. The maximum Gasteiger partial charge on any atom is 0.434 e. The van der Waals surface area contributed by atoms with Crippen molar-refractivity contribution in [2.75, 3.05) is 13.7 Å². The number of nitriles is 1. The lowest BCUT2D eigenvalue weighted by molar-refractivity contribution is -0.141. The highest BCUT2D eigenvalue weighted by Gasteiger charge is 2.41. The number of hydrogen-bond donors (Lipinski definition) is 0. The molecule has 0 atom stereocenters. The van der Waals surface area contributed by atoms with Crippen molar-refractivity contribution in [3.8, 4) is 6.07 Å². The van der Waals surface area contributed by atoms with Gasteiger partial charge in [-0.2, -0.15) is 18.4 Å². The first kappa shape index (κ1) is 19.6. The van der Waals surface area contributed by atoms with Crippen LogP contribution in [0.15, 0.2) is 5.76 Å². The van der Waals surface area contributed by atoms with Crippen molar-refractivity contribution in [3.05, 3.63) is 33.8 Å². The van der Waals surface area contributed by atoms with Crippen LogP contribution in [0.3, 0.4) is 0 Å². The lowest BCUT2D eigenvalue weighted by atomic mass is 9.92. The number of aromatic nitrogens is 1. The highest BCUT2D eigenvalue weighted by atomic mass is 19.4. The minimum absolute atomic E-state index is 0.00325. The van der Waals surface area contributed by atoms with E-state index in [-0.39, 0.29) is 18.8 Å². The number of halogens is 5. The number of carbonyl (C=O) groups is 1. The highest BCUT2D eigenvalue weighted by Crippen LogP contribution is 2.41. The van der Waals surface area contributed by atoms with Gasteiger partial charge < -0.3 is 9.47 Å². The van der Waals surface area contributed by atoms with E-state index in [1.54, 1.807) is 6.07 Å². The predicted octanol–water partition coefficient (Wildman–Crippen LogP) is 4.18. The number of ether oxygens (including phenoxy) is 2. The predicted molar refractivity (Wildman–Crippen MR) is 78.0 cm³/mol. The van der Waals surface area contributed by atoms with Crippen molar-refractivity contribution in [2.45, 2.75) is 32.4 Å². The molecule has 2 rings (SSSR count). The van der Waals surface area contributed by atoms with Crippen LogP contribution in [0.4, 0.5) is 22.0 Å². The van der Waals surface area contributed by atoms with Gasteiger partial charge in [-0.15, -0.1) is 0 Å². The van der Waals surface area contributed by atoms with Gasteiger partial charge in [-0.1, -0.05) is 0 Å². The molecule has 0 unspecified atom stereocenters. The molecule has 1 aromatic heterocycles. The molecular weight excluding hydrogens is 363 g/mol. The normalized spacial score (nSPS) is 16.3. The zero-order chi connectivity index (χ0) is 19.6. The summed E-state index contributed by atoms with van der Waals surface area (Å²) >= 11 is 0. The Morgan fingerprint density at radius 3 is 2.42 bits per heavy atom. The Labute approximate surface area is 145 Å². The maximum atomic E-state index is 13.5. The van der Waals surface area contributed by atoms with Crippen LogP contribution in [-0.4, -0.2) is 24.7 Å². The number of alkyl halides is 5. The fraction of sp³-hybridized carbons (Fsp3) is 0.438. The molecule has 1 fully saturated rings. The summed E-state index contributed by atoms with van der Waals surface area (Å²) in [7, 11) is 0.901. The number of pyridine rings is 1. The van der Waals surface area contributed by atoms with E-state index in [4.69, 9.17) is 4.74 Å². The van der Waals surface area contributed by atoms with Crippen LogP contribution in [0.1, 0.15) is 52.1 Å². The first-order valence-corrected chi connectivity index (χ1v) is 7.38. The molecule has 0 amide bonds. The fourth-order valence-corrected chi connectivity index (χ4v) is 2.71. The van der Waals surface area contributed by atoms with E-state index < -0.39 is 52.2 Å². The van der Waals surface area contributed by atoms with Crippen molar-refractivity contribution < 1.29 is 36.2 Å². The molecule has 0 spiro atoms. The van der Waals surface area contributed by atoms with E-state index in [1.165, 1.54) is 0 Å². The van der Waals surface area contributed by atoms with Gasteiger partial charge in [0, 0.05) is 12.0 Å². The fourth-order valence-electron chi connectivity index (χ4n) is 2.71. The Morgan fingerprint density at radius 2 is 2.00 bits per heavy atom. The minimum atomic E-state index is -5.13. The van der Waals surface area contributed by atoms with E-state index in [0.29, 0.717) is 6.42 Å². The average molecular weight is 376 g/mol. The van der Waals surface area contributed by atoms with Gasteiger partial charge in [-0.3, -0.25) is 0 Å². The van der Waals surface area contributed by atoms with Crippen molar-refractivity contribution in [2.24, 2.45) is 0 Å². The SMILES string of the molecule is COC(=O)c1c(C(F)F)nc(C(F)(F)F)c(C(C#N)=C2CCCO2)c1C. The zero-order valence-electron chi connectivity index (χ0n) is 13.7. The van der Waals surface area contributed by atoms with E-state index in [0.717, 1.165) is 14.0 Å². The third-order valence-electron chi connectivity index (χ3n) is 3.81. The van der Waals surface area contributed by atoms with Crippen LogP contribution in [0.25, 0.3) is 5.57 Å². The Balaban J connectivity index is 2.96. The van der Waals surface area contributed by atoms with E-state index in [1.807, 2.05) is 0 Å². The summed E-state index contributed by atoms with van der Waals surface area (Å²) in [6, 6.07) is 1.62. The van der Waals surface area contributed by atoms with Crippen LogP contribution in [-0.2, 0) is 15.7 Å². The van der Waals surface area contributed by atoms with Gasteiger partial charge in [0.05, 0.1) is 24.9 Å². The molecule has 0 bridgehead atoms. The van der Waals surface area contributed by atoms with Crippen molar-refractivity contribution in [3.63, 3.8) is 0 Å². The molecule has 0 saturated carbocycles. The highest BCUT2D eigenvalue weighted by molar-refractivity contribution is 5.95. The molecule has 1 aromatic rings. The summed E-state index contributed by atoms with van der Waals surface area (Å²) in [5, 5.41) is 9.37. The van der Waals surface area contributed by atoms with Crippen molar-refractivity contribution in [1.29, 1.82) is 5.26 Å². The Bertz CT molecular complexity index is 802. The van der Waals surface area contributed by atoms with Crippen LogP contribution < -0.4 is 0 Å². The summed E-state index contributed by atoms with van der Waals surface area (Å²) in [6.45, 7) is 1.25.